The van der Waals surface area contributed by atoms with Gasteiger partial charge in [0, 0.05) is 17.6 Å². The lowest BCUT2D eigenvalue weighted by Crippen LogP contribution is -2.48. The van der Waals surface area contributed by atoms with Gasteiger partial charge in [-0.2, -0.15) is 28.2 Å². The Labute approximate surface area is 310 Å². The van der Waals surface area contributed by atoms with E-state index >= 15 is 0 Å². The fraction of sp³-hybridized carbons (Fsp3) is 0.400. The summed E-state index contributed by atoms with van der Waals surface area (Å²) >= 11 is 5.97. The summed E-state index contributed by atoms with van der Waals surface area (Å²) in [5.41, 5.74) is 0.168. The number of nitrogens with two attached hydrogens (primary N) is 1. The lowest BCUT2D eigenvalue weighted by Gasteiger charge is -2.31. The summed E-state index contributed by atoms with van der Waals surface area (Å²) in [6.07, 6.45) is -8.28. The summed E-state index contributed by atoms with van der Waals surface area (Å²) in [5.74, 6) is -1.71. The summed E-state index contributed by atoms with van der Waals surface area (Å²) in [6, 6.07) is 9.84. The minimum absolute atomic E-state index is 0.0161. The maximum absolute atomic E-state index is 14.5. The van der Waals surface area contributed by atoms with Crippen LogP contribution in [0.4, 0.5) is 24.9 Å². The van der Waals surface area contributed by atoms with Crippen LogP contribution in [-0.2, 0) is 46.2 Å². The van der Waals surface area contributed by atoms with Gasteiger partial charge in [-0.15, -0.1) is 4.83 Å². The summed E-state index contributed by atoms with van der Waals surface area (Å²) in [7, 11) is -7.37. The molecular formula is C30H35ClF3N8O10PS. The zero-order valence-electron chi connectivity index (χ0n) is 29.0. The standard InChI is InChI=1S/C30H35ClF3N8O10PS/c1-28(2,26(44)49-14-16-8-6-7-9-19(16)30(32,33)34)39-53(46,51-18-12-10-17(31)11-13-18)52-24-21(43)29(3,45)25(50-24)42-15-36-20-22(37-27(35)38-23(20)42)41(4)40-54(5,47)48/h6-13,15,21,24-25,40,43,45H,14H2,1-5H3,(H,39,46)(H2,35,37,38)/t21?,24?,25-,29-,53?/m1/s1. The second kappa shape index (κ2) is 14.8. The summed E-state index contributed by atoms with van der Waals surface area (Å²) < 4.78 is 102. The number of nitrogens with zero attached hydrogens (tertiary/aromatic N) is 5. The van der Waals surface area contributed by atoms with Crippen molar-refractivity contribution in [2.45, 2.75) is 63.3 Å². The second-order valence-electron chi connectivity index (χ2n) is 12.8. The van der Waals surface area contributed by atoms with Crippen LogP contribution in [0.5, 0.6) is 5.75 Å². The van der Waals surface area contributed by atoms with Crippen molar-refractivity contribution >= 4 is 58.3 Å². The number of alkyl halides is 3. The molecule has 1 fully saturated rings. The maximum Gasteiger partial charge on any atom is 0.462 e. The van der Waals surface area contributed by atoms with Crippen LogP contribution in [0.15, 0.2) is 54.9 Å². The third-order valence-electron chi connectivity index (χ3n) is 7.80. The Bertz CT molecular complexity index is 2190. The molecule has 1 saturated heterocycles. The molecule has 2 aromatic carbocycles. The Kier molecular flexibility index (Phi) is 11.3. The largest absolute Gasteiger partial charge is 0.462 e. The molecule has 0 aliphatic carbocycles. The first-order valence-electron chi connectivity index (χ1n) is 15.5. The Morgan fingerprint density at radius 2 is 1.83 bits per heavy atom. The van der Waals surface area contributed by atoms with E-state index in [9.17, 15) is 41.2 Å². The third-order valence-corrected chi connectivity index (χ3v) is 10.4. The van der Waals surface area contributed by atoms with E-state index in [1.165, 1.54) is 57.3 Å². The van der Waals surface area contributed by atoms with E-state index < -0.39 is 71.8 Å². The minimum atomic E-state index is -4.92. The first kappa shape index (κ1) is 41.1. The first-order valence-corrected chi connectivity index (χ1v) is 19.3. The number of imidazole rings is 1. The van der Waals surface area contributed by atoms with E-state index in [1.807, 2.05) is 0 Å². The average Bonchev–Trinajstić information content (AvgIpc) is 3.56. The highest BCUT2D eigenvalue weighted by molar-refractivity contribution is 7.88. The van der Waals surface area contributed by atoms with E-state index in [2.05, 4.69) is 24.9 Å². The van der Waals surface area contributed by atoms with Gasteiger partial charge < -0.3 is 29.9 Å². The van der Waals surface area contributed by atoms with Crippen LogP contribution in [0.1, 0.15) is 38.1 Å². The van der Waals surface area contributed by atoms with Gasteiger partial charge in [-0.05, 0) is 51.1 Å². The molecule has 5 atom stereocenters. The number of anilines is 2. The number of fused-ring (bicyclic) bond motifs is 1. The number of aromatic nitrogens is 4. The highest BCUT2D eigenvalue weighted by atomic mass is 35.5. The number of sulfonamides is 1. The SMILES string of the molecule is CN(NS(C)(=O)=O)c1nc(N)nc2c1ncn2[C@@H]1OC(OP(=O)(NC(C)(C)C(=O)OCc2ccccc2C(F)(F)F)Oc2ccc(Cl)cc2)C(O)[C@@]1(C)O. The molecule has 2 aromatic heterocycles. The minimum Gasteiger partial charge on any atom is -0.459 e. The van der Waals surface area contributed by atoms with Crippen LogP contribution >= 0.6 is 19.3 Å². The predicted octanol–water partition coefficient (Wildman–Crippen LogP) is 3.26. The van der Waals surface area contributed by atoms with E-state index in [0.29, 0.717) is 0 Å². The van der Waals surface area contributed by atoms with Gasteiger partial charge in [0.1, 0.15) is 29.6 Å². The average molecular weight is 823 g/mol. The third kappa shape index (κ3) is 9.04. The number of carbonyl (C=O) groups is 1. The highest BCUT2D eigenvalue weighted by Crippen LogP contribution is 2.52. The molecule has 0 spiro atoms. The topological polar surface area (TPSA) is 243 Å². The molecule has 6 N–H and O–H groups in total. The van der Waals surface area contributed by atoms with Crippen molar-refractivity contribution in [1.29, 1.82) is 0 Å². The Balaban J connectivity index is 1.44. The monoisotopic (exact) mass is 822 g/mol. The van der Waals surface area contributed by atoms with Crippen molar-refractivity contribution < 1.29 is 59.7 Å². The molecule has 0 bridgehead atoms. The van der Waals surface area contributed by atoms with Crippen LogP contribution < -0.4 is 25.2 Å². The van der Waals surface area contributed by atoms with Crippen molar-refractivity contribution in [1.82, 2.24) is 29.4 Å². The van der Waals surface area contributed by atoms with Crippen molar-refractivity contribution in [3.05, 3.63) is 71.0 Å². The number of aliphatic hydroxyl groups excluding tert-OH is 1. The molecule has 3 heterocycles. The van der Waals surface area contributed by atoms with E-state index in [-0.39, 0.29) is 39.3 Å². The van der Waals surface area contributed by atoms with Gasteiger partial charge in [0.25, 0.3) is 0 Å². The lowest BCUT2D eigenvalue weighted by molar-refractivity contribution is -0.153. The molecule has 1 aliphatic heterocycles. The number of hydrogen-bond acceptors (Lipinski definition) is 15. The fourth-order valence-corrected chi connectivity index (χ4v) is 7.75. The van der Waals surface area contributed by atoms with Gasteiger partial charge in [-0.3, -0.25) is 18.9 Å². The molecule has 3 unspecified atom stereocenters. The predicted molar refractivity (Wildman–Crippen MR) is 186 cm³/mol. The molecule has 1 aliphatic rings. The number of carbonyl (C=O) groups excluding carboxylic acids is 1. The number of nitrogens with one attached hydrogen (secondary N) is 2. The van der Waals surface area contributed by atoms with Crippen molar-refractivity contribution in [2.24, 2.45) is 0 Å². The van der Waals surface area contributed by atoms with Crippen molar-refractivity contribution in [3.63, 3.8) is 0 Å². The number of hydrogen-bond donors (Lipinski definition) is 5. The second-order valence-corrected chi connectivity index (χ2v) is 16.6. The van der Waals surface area contributed by atoms with Gasteiger partial charge in [0.2, 0.25) is 22.3 Å². The van der Waals surface area contributed by atoms with Gasteiger partial charge in [-0.25, -0.2) is 18.0 Å². The number of benzene rings is 2. The lowest BCUT2D eigenvalue weighted by atomic mass is 9.99. The molecule has 54 heavy (non-hydrogen) atoms. The molecule has 0 amide bonds. The zero-order chi connectivity index (χ0) is 40.0. The van der Waals surface area contributed by atoms with Gasteiger partial charge in [0.15, 0.2) is 23.2 Å². The molecular weight excluding hydrogens is 788 g/mol. The molecule has 0 radical (unpaired) electrons. The van der Waals surface area contributed by atoms with Crippen LogP contribution in [0.2, 0.25) is 5.02 Å². The molecule has 4 aromatic rings. The fourth-order valence-electron chi connectivity index (χ4n) is 5.28. The summed E-state index contributed by atoms with van der Waals surface area (Å²) in [5, 5.41) is 26.5. The molecule has 18 nitrogen and oxygen atoms in total. The summed E-state index contributed by atoms with van der Waals surface area (Å²) in [4.78, 5) is 27.9. The Hall–Kier alpha value is -4.12. The number of rotatable bonds is 13. The smallest absolute Gasteiger partial charge is 0.459 e. The van der Waals surface area contributed by atoms with Crippen LogP contribution in [0.3, 0.4) is 0 Å². The Morgan fingerprint density at radius 3 is 2.46 bits per heavy atom. The maximum atomic E-state index is 14.5. The number of aliphatic hydroxyl groups is 2. The number of halogens is 4. The van der Waals surface area contributed by atoms with Crippen LogP contribution in [-0.4, -0.2) is 81.0 Å². The van der Waals surface area contributed by atoms with Crippen LogP contribution in [0.25, 0.3) is 11.2 Å². The molecule has 0 saturated carbocycles. The van der Waals surface area contributed by atoms with E-state index in [0.717, 1.165) is 41.2 Å². The molecule has 294 valence electrons. The molecule has 24 heteroatoms. The highest BCUT2D eigenvalue weighted by Gasteiger charge is 2.57. The van der Waals surface area contributed by atoms with Gasteiger partial charge >= 0.3 is 19.9 Å². The van der Waals surface area contributed by atoms with Crippen molar-refractivity contribution in [2.75, 3.05) is 24.0 Å². The number of nitrogen functional groups attached to an aromatic ring is 1. The van der Waals surface area contributed by atoms with E-state index in [1.54, 1.807) is 0 Å². The van der Waals surface area contributed by atoms with Gasteiger partial charge in [0.05, 0.1) is 18.1 Å². The number of esters is 1. The van der Waals surface area contributed by atoms with E-state index in [4.69, 9.17) is 35.9 Å². The number of hydrazine groups is 1. The quantitative estimate of drug-likeness (QED) is 0.0738. The Morgan fingerprint density at radius 1 is 1.19 bits per heavy atom. The summed E-state index contributed by atoms with van der Waals surface area (Å²) in [6.45, 7) is 2.73. The van der Waals surface area contributed by atoms with Gasteiger partial charge in [-0.1, -0.05) is 29.8 Å². The normalized spacial score (nSPS) is 21.9. The first-order chi connectivity index (χ1) is 24.9. The van der Waals surface area contributed by atoms with Crippen molar-refractivity contribution in [3.8, 4) is 5.75 Å². The van der Waals surface area contributed by atoms with Crippen LogP contribution in [0, 0.1) is 0 Å². The molecule has 5 rings (SSSR count). The number of ether oxygens (including phenoxy) is 2. The zero-order valence-corrected chi connectivity index (χ0v) is 31.4.